The van der Waals surface area contributed by atoms with E-state index in [4.69, 9.17) is 4.74 Å². The average Bonchev–Trinajstić information content (AvgIpc) is 3.10. The summed E-state index contributed by atoms with van der Waals surface area (Å²) in [4.78, 5) is 31.8. The summed E-state index contributed by atoms with van der Waals surface area (Å²) in [7, 11) is 0. The van der Waals surface area contributed by atoms with E-state index in [-0.39, 0.29) is 24.4 Å². The maximum atomic E-state index is 14.5. The van der Waals surface area contributed by atoms with Gasteiger partial charge in [0.1, 0.15) is 5.82 Å². The molecule has 30 heavy (non-hydrogen) atoms. The van der Waals surface area contributed by atoms with Gasteiger partial charge in [-0.05, 0) is 44.0 Å². The van der Waals surface area contributed by atoms with Gasteiger partial charge in [0.15, 0.2) is 10.8 Å². The van der Waals surface area contributed by atoms with E-state index in [1.54, 1.807) is 19.9 Å². The normalized spacial score (nSPS) is 10.7. The van der Waals surface area contributed by atoms with Crippen LogP contribution in [0.25, 0.3) is 0 Å². The molecule has 1 heterocycles. The van der Waals surface area contributed by atoms with Gasteiger partial charge in [0, 0.05) is 15.9 Å². The van der Waals surface area contributed by atoms with Crippen molar-refractivity contribution in [3.8, 4) is 0 Å². The number of nitrogens with zero attached hydrogens (tertiary/aromatic N) is 2. The summed E-state index contributed by atoms with van der Waals surface area (Å²) in [6.45, 7) is 3.97. The second-order valence-electron chi connectivity index (χ2n) is 6.44. The van der Waals surface area contributed by atoms with Crippen molar-refractivity contribution in [2.75, 3.05) is 18.1 Å². The van der Waals surface area contributed by atoms with E-state index in [0.717, 1.165) is 5.56 Å². The Bertz CT molecular complexity index is 1060. The summed E-state index contributed by atoms with van der Waals surface area (Å²) in [5.74, 6) is -1.68. The molecule has 0 saturated carbocycles. The van der Waals surface area contributed by atoms with Crippen molar-refractivity contribution < 1.29 is 18.7 Å². The van der Waals surface area contributed by atoms with Gasteiger partial charge in [-0.2, -0.15) is 0 Å². The molecule has 8 heteroatoms. The molecule has 0 atom stereocenters. The largest absolute Gasteiger partial charge is 0.461 e. The number of halogens is 2. The van der Waals surface area contributed by atoms with Crippen molar-refractivity contribution in [1.82, 2.24) is 4.98 Å². The highest BCUT2D eigenvalue weighted by atomic mass is 79.9. The van der Waals surface area contributed by atoms with E-state index in [0.29, 0.717) is 20.9 Å². The molecule has 0 bridgehead atoms. The summed E-state index contributed by atoms with van der Waals surface area (Å²) in [6, 6.07) is 14.0. The highest BCUT2D eigenvalue weighted by Gasteiger charge is 2.26. The van der Waals surface area contributed by atoms with Crippen molar-refractivity contribution in [1.29, 1.82) is 0 Å². The zero-order valence-electron chi connectivity index (χ0n) is 16.5. The third-order valence-corrected chi connectivity index (χ3v) is 5.85. The van der Waals surface area contributed by atoms with Gasteiger partial charge >= 0.3 is 5.97 Å². The Morgan fingerprint density at radius 3 is 2.60 bits per heavy atom. The molecule has 0 aliphatic rings. The first-order valence-corrected chi connectivity index (χ1v) is 11.0. The summed E-state index contributed by atoms with van der Waals surface area (Å²) in [5.41, 5.74) is 1.15. The Labute approximate surface area is 186 Å². The first-order valence-electron chi connectivity index (χ1n) is 9.36. The van der Waals surface area contributed by atoms with Crippen LogP contribution in [-0.2, 0) is 11.2 Å². The van der Waals surface area contributed by atoms with Crippen molar-refractivity contribution >= 4 is 44.3 Å². The van der Waals surface area contributed by atoms with Crippen LogP contribution in [0.5, 0.6) is 0 Å². The fourth-order valence-electron chi connectivity index (χ4n) is 2.86. The number of anilines is 1. The van der Waals surface area contributed by atoms with Crippen LogP contribution in [0.4, 0.5) is 9.52 Å². The molecule has 0 aliphatic heterocycles. The topological polar surface area (TPSA) is 59.5 Å². The minimum Gasteiger partial charge on any atom is -0.461 e. The SMILES string of the molecule is CCOC(=O)c1nc(N(CCc2ccccc2)C(=O)c2ccc(Br)cc2F)sc1C. The van der Waals surface area contributed by atoms with Gasteiger partial charge < -0.3 is 4.74 Å². The number of aromatic nitrogens is 1. The van der Waals surface area contributed by atoms with E-state index in [1.807, 2.05) is 30.3 Å². The molecule has 3 aromatic rings. The maximum Gasteiger partial charge on any atom is 0.358 e. The van der Waals surface area contributed by atoms with Gasteiger partial charge in [0.05, 0.1) is 12.2 Å². The molecule has 0 radical (unpaired) electrons. The first kappa shape index (κ1) is 22.1. The fourth-order valence-corrected chi connectivity index (χ4v) is 4.12. The predicted molar refractivity (Wildman–Crippen MR) is 119 cm³/mol. The zero-order valence-corrected chi connectivity index (χ0v) is 18.9. The van der Waals surface area contributed by atoms with E-state index in [1.165, 1.54) is 28.4 Å². The van der Waals surface area contributed by atoms with Crippen LogP contribution in [0.3, 0.4) is 0 Å². The second kappa shape index (κ2) is 9.95. The van der Waals surface area contributed by atoms with E-state index < -0.39 is 17.7 Å². The van der Waals surface area contributed by atoms with Crippen molar-refractivity contribution in [2.24, 2.45) is 0 Å². The van der Waals surface area contributed by atoms with Crippen molar-refractivity contribution in [2.45, 2.75) is 20.3 Å². The van der Waals surface area contributed by atoms with E-state index in [2.05, 4.69) is 20.9 Å². The van der Waals surface area contributed by atoms with Gasteiger partial charge in [0.25, 0.3) is 5.91 Å². The molecular formula is C22H20BrFN2O3S. The quantitative estimate of drug-likeness (QED) is 0.415. The minimum absolute atomic E-state index is 0.0585. The number of benzene rings is 2. The number of rotatable bonds is 7. The van der Waals surface area contributed by atoms with Crippen molar-refractivity contribution in [3.63, 3.8) is 0 Å². The van der Waals surface area contributed by atoms with Crippen LogP contribution in [-0.4, -0.2) is 30.0 Å². The third-order valence-electron chi connectivity index (χ3n) is 4.36. The second-order valence-corrected chi connectivity index (χ2v) is 8.54. The highest BCUT2D eigenvalue weighted by Crippen LogP contribution is 2.29. The fraction of sp³-hybridized carbons (Fsp3) is 0.227. The minimum atomic E-state index is -0.627. The molecule has 0 fully saturated rings. The Kier molecular flexibility index (Phi) is 7.33. The molecular weight excluding hydrogens is 471 g/mol. The first-order chi connectivity index (χ1) is 14.4. The third kappa shape index (κ3) is 5.12. The van der Waals surface area contributed by atoms with Crippen LogP contribution < -0.4 is 4.90 Å². The number of thiazole rings is 1. The number of hydrogen-bond donors (Lipinski definition) is 0. The molecule has 3 rings (SSSR count). The maximum absolute atomic E-state index is 14.5. The molecule has 0 saturated heterocycles. The summed E-state index contributed by atoms with van der Waals surface area (Å²) in [6.07, 6.45) is 0.554. The number of hydrogen-bond acceptors (Lipinski definition) is 5. The van der Waals surface area contributed by atoms with Crippen LogP contribution in [0.1, 0.15) is 38.2 Å². The van der Waals surface area contributed by atoms with Crippen LogP contribution in [0.2, 0.25) is 0 Å². The highest BCUT2D eigenvalue weighted by molar-refractivity contribution is 9.10. The monoisotopic (exact) mass is 490 g/mol. The number of carbonyl (C=O) groups excluding carboxylic acids is 2. The molecule has 0 unspecified atom stereocenters. The Balaban J connectivity index is 1.96. The van der Waals surface area contributed by atoms with E-state index in [9.17, 15) is 14.0 Å². The number of aryl methyl sites for hydroxylation is 1. The smallest absolute Gasteiger partial charge is 0.358 e. The van der Waals surface area contributed by atoms with Crippen LogP contribution in [0, 0.1) is 12.7 Å². The van der Waals surface area contributed by atoms with Crippen LogP contribution >= 0.6 is 27.3 Å². The molecule has 1 amide bonds. The van der Waals surface area contributed by atoms with Gasteiger partial charge in [0.2, 0.25) is 0 Å². The summed E-state index contributed by atoms with van der Waals surface area (Å²) in [5, 5.41) is 0.332. The van der Waals surface area contributed by atoms with Gasteiger partial charge in [-0.25, -0.2) is 14.2 Å². The molecule has 156 valence electrons. The Morgan fingerprint density at radius 1 is 1.20 bits per heavy atom. The lowest BCUT2D eigenvalue weighted by molar-refractivity contribution is 0.0519. The number of esters is 1. The molecule has 0 aliphatic carbocycles. The van der Waals surface area contributed by atoms with Crippen molar-refractivity contribution in [3.05, 3.63) is 80.5 Å². The molecule has 0 N–H and O–H groups in total. The van der Waals surface area contributed by atoms with E-state index >= 15 is 0 Å². The number of amides is 1. The summed E-state index contributed by atoms with van der Waals surface area (Å²) >= 11 is 4.41. The molecule has 5 nitrogen and oxygen atoms in total. The molecule has 2 aromatic carbocycles. The van der Waals surface area contributed by atoms with Gasteiger partial charge in [-0.15, -0.1) is 11.3 Å². The molecule has 1 aromatic heterocycles. The van der Waals surface area contributed by atoms with Gasteiger partial charge in [-0.1, -0.05) is 46.3 Å². The van der Waals surface area contributed by atoms with Gasteiger partial charge in [-0.3, -0.25) is 9.69 Å². The average molecular weight is 491 g/mol. The number of carbonyl (C=O) groups is 2. The summed E-state index contributed by atoms with van der Waals surface area (Å²) < 4.78 is 20.1. The lowest BCUT2D eigenvalue weighted by Gasteiger charge is -2.20. The number of ether oxygens (including phenoxy) is 1. The lowest BCUT2D eigenvalue weighted by Crippen LogP contribution is -2.33. The molecule has 0 spiro atoms. The Hall–Kier alpha value is -2.58. The Morgan fingerprint density at radius 2 is 1.93 bits per heavy atom. The zero-order chi connectivity index (χ0) is 21.7. The predicted octanol–water partition coefficient (Wildman–Crippen LogP) is 5.42. The standard InChI is InChI=1S/C22H20BrFN2O3S/c1-3-29-21(28)19-14(2)30-22(25-19)26(12-11-15-7-5-4-6-8-15)20(27)17-10-9-16(23)13-18(17)24/h4-10,13H,3,11-12H2,1-2H3. The lowest BCUT2D eigenvalue weighted by atomic mass is 10.1. The van der Waals surface area contributed by atoms with Crippen LogP contribution in [0.15, 0.2) is 53.0 Å².